The van der Waals surface area contributed by atoms with Crippen molar-refractivity contribution in [2.24, 2.45) is 0 Å². The Labute approximate surface area is 108 Å². The number of hydrogen-bond acceptors (Lipinski definition) is 4. The quantitative estimate of drug-likeness (QED) is 0.749. The van der Waals surface area contributed by atoms with Gasteiger partial charge in [0.2, 0.25) is 0 Å². The van der Waals surface area contributed by atoms with Crippen LogP contribution in [0, 0.1) is 0 Å². The molecule has 6 heteroatoms. The number of carbonyl (C=O) groups excluding carboxylic acids is 1. The molecule has 19 heavy (non-hydrogen) atoms. The molecule has 2 aromatic heterocycles. The van der Waals surface area contributed by atoms with Gasteiger partial charge in [0.15, 0.2) is 12.0 Å². The molecule has 0 aliphatic rings. The molecule has 100 valence electrons. The predicted octanol–water partition coefficient (Wildman–Crippen LogP) is 0.874. The van der Waals surface area contributed by atoms with Crippen LogP contribution < -0.4 is 11.2 Å². The molecular formula is C13H14N2O4. The van der Waals surface area contributed by atoms with Crippen LogP contribution >= 0.6 is 0 Å². The summed E-state index contributed by atoms with van der Waals surface area (Å²) in [5, 5.41) is 0. The lowest BCUT2D eigenvalue weighted by atomic mass is 10.4. The second-order valence-electron chi connectivity index (χ2n) is 4.14. The fourth-order valence-electron chi connectivity index (χ4n) is 1.81. The van der Waals surface area contributed by atoms with Gasteiger partial charge in [-0.25, -0.2) is 4.79 Å². The van der Waals surface area contributed by atoms with Gasteiger partial charge in [-0.15, -0.1) is 0 Å². The van der Waals surface area contributed by atoms with Crippen LogP contribution in [0.25, 0.3) is 0 Å². The molecular weight excluding hydrogens is 248 g/mol. The zero-order chi connectivity index (χ0) is 13.8. The number of rotatable bonds is 5. The topological polar surface area (TPSA) is 74.2 Å². The average Bonchev–Trinajstić information content (AvgIpc) is 2.86. The SMILES string of the molecule is CCCn1ccc(=O)n(Cc2ccc(C=O)o2)c1=O. The number of carbonyl (C=O) groups is 1. The summed E-state index contributed by atoms with van der Waals surface area (Å²) in [6.07, 6.45) is 2.87. The Morgan fingerprint density at radius 2 is 2.05 bits per heavy atom. The summed E-state index contributed by atoms with van der Waals surface area (Å²) in [4.78, 5) is 34.3. The smallest absolute Gasteiger partial charge is 0.331 e. The molecule has 2 aromatic rings. The van der Waals surface area contributed by atoms with E-state index in [1.807, 2.05) is 6.92 Å². The van der Waals surface area contributed by atoms with E-state index in [2.05, 4.69) is 0 Å². The van der Waals surface area contributed by atoms with Gasteiger partial charge >= 0.3 is 5.69 Å². The molecule has 0 aromatic carbocycles. The van der Waals surface area contributed by atoms with Crippen molar-refractivity contribution in [3.05, 3.63) is 56.8 Å². The third-order valence-electron chi connectivity index (χ3n) is 2.72. The Hall–Kier alpha value is -2.37. The Morgan fingerprint density at radius 3 is 2.68 bits per heavy atom. The van der Waals surface area contributed by atoms with Crippen molar-refractivity contribution in [1.29, 1.82) is 0 Å². The van der Waals surface area contributed by atoms with E-state index in [1.165, 1.54) is 22.9 Å². The normalized spacial score (nSPS) is 10.6. The van der Waals surface area contributed by atoms with E-state index in [0.29, 0.717) is 18.6 Å². The summed E-state index contributed by atoms with van der Waals surface area (Å²) in [6, 6.07) is 4.42. The zero-order valence-electron chi connectivity index (χ0n) is 10.5. The molecule has 2 rings (SSSR count). The molecule has 0 aliphatic carbocycles. The Bertz CT molecular complexity index is 693. The third-order valence-corrected chi connectivity index (χ3v) is 2.72. The number of nitrogens with zero attached hydrogens (tertiary/aromatic N) is 2. The van der Waals surface area contributed by atoms with Crippen molar-refractivity contribution in [2.75, 3.05) is 0 Å². The van der Waals surface area contributed by atoms with E-state index in [9.17, 15) is 14.4 Å². The maximum absolute atomic E-state index is 12.1. The summed E-state index contributed by atoms with van der Waals surface area (Å²) in [7, 11) is 0. The number of hydrogen-bond donors (Lipinski definition) is 0. The largest absolute Gasteiger partial charge is 0.456 e. The van der Waals surface area contributed by atoms with Crippen LogP contribution in [0.2, 0.25) is 0 Å². The van der Waals surface area contributed by atoms with E-state index < -0.39 is 0 Å². The van der Waals surface area contributed by atoms with Crippen LogP contribution in [0.5, 0.6) is 0 Å². The van der Waals surface area contributed by atoms with Gasteiger partial charge in [0.1, 0.15) is 5.76 Å². The van der Waals surface area contributed by atoms with Gasteiger partial charge in [-0.2, -0.15) is 0 Å². The fourth-order valence-corrected chi connectivity index (χ4v) is 1.81. The van der Waals surface area contributed by atoms with Crippen molar-refractivity contribution in [2.45, 2.75) is 26.4 Å². The molecule has 0 radical (unpaired) electrons. The summed E-state index contributed by atoms with van der Waals surface area (Å²) >= 11 is 0. The van der Waals surface area contributed by atoms with Gasteiger partial charge in [-0.3, -0.25) is 14.2 Å². The molecule has 0 unspecified atom stereocenters. The Kier molecular flexibility index (Phi) is 3.79. The summed E-state index contributed by atoms with van der Waals surface area (Å²) < 4.78 is 7.73. The monoisotopic (exact) mass is 262 g/mol. The highest BCUT2D eigenvalue weighted by molar-refractivity contribution is 5.70. The number of aromatic nitrogens is 2. The molecule has 2 heterocycles. The van der Waals surface area contributed by atoms with E-state index >= 15 is 0 Å². The third kappa shape index (κ3) is 2.73. The first kappa shape index (κ1) is 13.1. The number of furan rings is 1. The summed E-state index contributed by atoms with van der Waals surface area (Å²) in [5.74, 6) is 0.573. The Balaban J connectivity index is 2.38. The molecule has 0 N–H and O–H groups in total. The second kappa shape index (κ2) is 5.51. The highest BCUT2D eigenvalue weighted by atomic mass is 16.3. The lowest BCUT2D eigenvalue weighted by molar-refractivity contribution is 0.109. The number of aldehydes is 1. The van der Waals surface area contributed by atoms with Crippen LogP contribution in [0.15, 0.2) is 38.4 Å². The minimum absolute atomic E-state index is 0.0239. The van der Waals surface area contributed by atoms with Gasteiger partial charge < -0.3 is 8.98 Å². The summed E-state index contributed by atoms with van der Waals surface area (Å²) in [5.41, 5.74) is -0.764. The first-order chi connectivity index (χ1) is 9.15. The minimum atomic E-state index is -0.388. The van der Waals surface area contributed by atoms with Gasteiger partial charge in [0, 0.05) is 18.8 Å². The first-order valence-corrected chi connectivity index (χ1v) is 6.00. The Morgan fingerprint density at radius 1 is 1.26 bits per heavy atom. The molecule has 0 saturated carbocycles. The van der Waals surface area contributed by atoms with Gasteiger partial charge in [0.25, 0.3) is 5.56 Å². The molecule has 6 nitrogen and oxygen atoms in total. The minimum Gasteiger partial charge on any atom is -0.456 e. The average molecular weight is 262 g/mol. The van der Waals surface area contributed by atoms with Crippen molar-refractivity contribution >= 4 is 6.29 Å². The van der Waals surface area contributed by atoms with Gasteiger partial charge in [0.05, 0.1) is 6.54 Å². The van der Waals surface area contributed by atoms with Crippen LogP contribution in [0.4, 0.5) is 0 Å². The van der Waals surface area contributed by atoms with Crippen LogP contribution in [-0.4, -0.2) is 15.4 Å². The van der Waals surface area contributed by atoms with Gasteiger partial charge in [-0.1, -0.05) is 6.92 Å². The van der Waals surface area contributed by atoms with Crippen LogP contribution in [0.1, 0.15) is 29.7 Å². The zero-order valence-corrected chi connectivity index (χ0v) is 10.5. The van der Waals surface area contributed by atoms with E-state index in [1.54, 1.807) is 6.07 Å². The lowest BCUT2D eigenvalue weighted by Gasteiger charge is -2.07. The molecule has 0 bridgehead atoms. The van der Waals surface area contributed by atoms with Crippen molar-refractivity contribution < 1.29 is 9.21 Å². The van der Waals surface area contributed by atoms with Crippen molar-refractivity contribution in [3.8, 4) is 0 Å². The fraction of sp³-hybridized carbons (Fsp3) is 0.308. The predicted molar refractivity (Wildman–Crippen MR) is 68.5 cm³/mol. The molecule has 0 aliphatic heterocycles. The van der Waals surface area contributed by atoms with Crippen molar-refractivity contribution in [3.63, 3.8) is 0 Å². The maximum atomic E-state index is 12.1. The van der Waals surface area contributed by atoms with E-state index in [0.717, 1.165) is 11.0 Å². The van der Waals surface area contributed by atoms with E-state index in [-0.39, 0.29) is 23.6 Å². The van der Waals surface area contributed by atoms with Crippen LogP contribution in [0.3, 0.4) is 0 Å². The molecule has 0 saturated heterocycles. The van der Waals surface area contributed by atoms with Crippen LogP contribution in [-0.2, 0) is 13.1 Å². The molecule has 0 amide bonds. The molecule has 0 atom stereocenters. The summed E-state index contributed by atoms with van der Waals surface area (Å²) in [6.45, 7) is 2.53. The molecule has 0 spiro atoms. The molecule has 0 fully saturated rings. The van der Waals surface area contributed by atoms with E-state index in [4.69, 9.17) is 4.42 Å². The second-order valence-corrected chi connectivity index (χ2v) is 4.14. The lowest BCUT2D eigenvalue weighted by Crippen LogP contribution is -2.39. The number of aryl methyl sites for hydroxylation is 1. The first-order valence-electron chi connectivity index (χ1n) is 6.00. The highest BCUT2D eigenvalue weighted by Crippen LogP contribution is 2.05. The highest BCUT2D eigenvalue weighted by Gasteiger charge is 2.08. The van der Waals surface area contributed by atoms with Crippen molar-refractivity contribution in [1.82, 2.24) is 9.13 Å². The standard InChI is InChI=1S/C13H14N2O4/c1-2-6-14-7-5-12(17)15(13(14)18)8-10-3-4-11(9-16)19-10/h3-5,7,9H,2,6,8H2,1H3. The maximum Gasteiger partial charge on any atom is 0.331 e. The van der Waals surface area contributed by atoms with Gasteiger partial charge in [-0.05, 0) is 18.6 Å².